The van der Waals surface area contributed by atoms with Gasteiger partial charge in [0.2, 0.25) is 17.7 Å². The molecule has 4 amide bonds. The highest BCUT2D eigenvalue weighted by molar-refractivity contribution is 6.01. The van der Waals surface area contributed by atoms with E-state index in [0.29, 0.717) is 31.4 Å². The summed E-state index contributed by atoms with van der Waals surface area (Å²) in [5.41, 5.74) is 1.54. The lowest BCUT2D eigenvalue weighted by atomic mass is 10.0. The number of amides is 4. The minimum atomic E-state index is -0.797. The normalized spacial score (nSPS) is 22.1. The number of carbonyl (C=O) groups excluding carboxylic acids is 5. The lowest BCUT2D eigenvalue weighted by molar-refractivity contribution is -0.138. The summed E-state index contributed by atoms with van der Waals surface area (Å²) < 4.78 is 0. The van der Waals surface area contributed by atoms with Gasteiger partial charge in [0, 0.05) is 50.9 Å². The van der Waals surface area contributed by atoms with E-state index in [4.69, 9.17) is 0 Å². The quantitative estimate of drug-likeness (QED) is 0.420. The molecular formula is C32H48N6O5. The molecule has 3 saturated heterocycles. The predicted octanol–water partition coefficient (Wildman–Crippen LogP) is 1.51. The second kappa shape index (κ2) is 13.9. The fourth-order valence-electron chi connectivity index (χ4n) is 6.52. The molecule has 0 radical (unpaired) electrons. The Morgan fingerprint density at radius 3 is 1.93 bits per heavy atom. The van der Waals surface area contributed by atoms with Gasteiger partial charge in [-0.25, -0.2) is 0 Å². The van der Waals surface area contributed by atoms with Gasteiger partial charge in [0.1, 0.15) is 18.1 Å². The highest BCUT2D eigenvalue weighted by Gasteiger charge is 2.53. The first kappa shape index (κ1) is 32.4. The predicted molar refractivity (Wildman–Crippen MR) is 165 cm³/mol. The summed E-state index contributed by atoms with van der Waals surface area (Å²) in [4.78, 5) is 73.5. The van der Waals surface area contributed by atoms with Crippen molar-refractivity contribution in [2.24, 2.45) is 11.8 Å². The number of ketones is 1. The number of likely N-dealkylation sites (N-methyl/N-ethyl adjacent to an activating group) is 1. The molecule has 0 aliphatic carbocycles. The third kappa shape index (κ3) is 7.74. The molecule has 4 rings (SSSR count). The van der Waals surface area contributed by atoms with Gasteiger partial charge >= 0.3 is 0 Å². The number of fused-ring (bicyclic) bond motifs is 1. The number of benzene rings is 1. The van der Waals surface area contributed by atoms with Crippen molar-refractivity contribution in [3.8, 4) is 0 Å². The van der Waals surface area contributed by atoms with Crippen LogP contribution in [0.2, 0.25) is 0 Å². The van der Waals surface area contributed by atoms with Gasteiger partial charge in [-0.1, -0.05) is 27.7 Å². The van der Waals surface area contributed by atoms with E-state index in [0.717, 1.165) is 31.9 Å². The first-order valence-corrected chi connectivity index (χ1v) is 15.6. The van der Waals surface area contributed by atoms with Crippen LogP contribution in [0, 0.1) is 11.8 Å². The molecule has 2 N–H and O–H groups in total. The van der Waals surface area contributed by atoms with Gasteiger partial charge in [-0.3, -0.25) is 24.0 Å². The summed E-state index contributed by atoms with van der Waals surface area (Å²) in [5.74, 6) is -1.12. The third-order valence-corrected chi connectivity index (χ3v) is 8.68. The van der Waals surface area contributed by atoms with Gasteiger partial charge in [-0.2, -0.15) is 0 Å². The Morgan fingerprint density at radius 2 is 1.37 bits per heavy atom. The monoisotopic (exact) mass is 596 g/mol. The molecule has 3 fully saturated rings. The largest absolute Gasteiger partial charge is 0.369 e. The Bertz CT molecular complexity index is 1190. The Hall–Kier alpha value is -3.47. The van der Waals surface area contributed by atoms with Crippen LogP contribution >= 0.6 is 0 Å². The molecule has 236 valence electrons. The number of piperazine rings is 1. The summed E-state index contributed by atoms with van der Waals surface area (Å²) in [5, 5.41) is 5.69. The molecule has 4 atom stereocenters. The second-order valence-corrected chi connectivity index (χ2v) is 13.1. The Kier molecular flexibility index (Phi) is 10.5. The molecule has 0 saturated carbocycles. The molecule has 0 aromatic heterocycles. The lowest BCUT2D eigenvalue weighted by Crippen LogP contribution is -2.53. The number of hydrogen-bond acceptors (Lipinski definition) is 7. The Labute approximate surface area is 255 Å². The van der Waals surface area contributed by atoms with Gasteiger partial charge in [0.05, 0.1) is 12.6 Å². The Morgan fingerprint density at radius 1 is 0.814 bits per heavy atom. The van der Waals surface area contributed by atoms with Crippen LogP contribution in [0.5, 0.6) is 0 Å². The molecule has 3 aliphatic rings. The molecule has 0 bridgehead atoms. The first-order valence-electron chi connectivity index (χ1n) is 15.6. The number of nitrogens with one attached hydrogen (secondary N) is 2. The van der Waals surface area contributed by atoms with Crippen LogP contribution in [0.4, 0.5) is 5.69 Å². The molecule has 3 heterocycles. The SMILES string of the molecule is CC(=O)NC(CC(C)C)C(=O)N1CC(=O)C2C1CCN2C(=O)C(CC(C)C)NC(=O)c1ccc(N2CCN(C)CC2)cc1. The van der Waals surface area contributed by atoms with E-state index in [1.807, 2.05) is 39.8 Å². The maximum Gasteiger partial charge on any atom is 0.251 e. The van der Waals surface area contributed by atoms with Crippen LogP contribution in [0.3, 0.4) is 0 Å². The van der Waals surface area contributed by atoms with Crippen molar-refractivity contribution in [1.29, 1.82) is 0 Å². The highest BCUT2D eigenvalue weighted by atomic mass is 16.2. The van der Waals surface area contributed by atoms with Crippen molar-refractivity contribution in [2.75, 3.05) is 51.2 Å². The number of nitrogens with zero attached hydrogens (tertiary/aromatic N) is 4. The van der Waals surface area contributed by atoms with Gasteiger partial charge in [-0.05, 0) is 62.4 Å². The van der Waals surface area contributed by atoms with E-state index in [9.17, 15) is 24.0 Å². The zero-order valence-corrected chi connectivity index (χ0v) is 26.5. The molecule has 11 heteroatoms. The van der Waals surface area contributed by atoms with Crippen LogP contribution in [0.25, 0.3) is 0 Å². The fourth-order valence-corrected chi connectivity index (χ4v) is 6.52. The van der Waals surface area contributed by atoms with E-state index < -0.39 is 24.2 Å². The molecule has 0 spiro atoms. The first-order chi connectivity index (χ1) is 20.3. The maximum absolute atomic E-state index is 13.9. The molecular weight excluding hydrogens is 548 g/mol. The molecule has 43 heavy (non-hydrogen) atoms. The van der Waals surface area contributed by atoms with Crippen LogP contribution in [-0.2, 0) is 19.2 Å². The molecule has 1 aromatic rings. The van der Waals surface area contributed by atoms with Crippen LogP contribution in [0.1, 0.15) is 64.2 Å². The maximum atomic E-state index is 13.9. The average molecular weight is 597 g/mol. The summed E-state index contributed by atoms with van der Waals surface area (Å²) in [6.07, 6.45) is 1.36. The Balaban J connectivity index is 1.45. The second-order valence-electron chi connectivity index (χ2n) is 13.1. The zero-order valence-electron chi connectivity index (χ0n) is 26.5. The van der Waals surface area contributed by atoms with Gasteiger partial charge < -0.3 is 30.2 Å². The smallest absolute Gasteiger partial charge is 0.251 e. The minimum absolute atomic E-state index is 0.0903. The number of anilines is 1. The van der Waals surface area contributed by atoms with Crippen molar-refractivity contribution in [3.63, 3.8) is 0 Å². The average Bonchev–Trinajstić information content (AvgIpc) is 3.52. The third-order valence-electron chi connectivity index (χ3n) is 8.68. The zero-order chi connectivity index (χ0) is 31.4. The lowest BCUT2D eigenvalue weighted by Gasteiger charge is -2.34. The van der Waals surface area contributed by atoms with E-state index in [1.165, 1.54) is 6.92 Å². The molecule has 11 nitrogen and oxygen atoms in total. The van der Waals surface area contributed by atoms with E-state index in [1.54, 1.807) is 21.9 Å². The summed E-state index contributed by atoms with van der Waals surface area (Å²) >= 11 is 0. The highest BCUT2D eigenvalue weighted by Crippen LogP contribution is 2.32. The number of rotatable bonds is 10. The summed E-state index contributed by atoms with van der Waals surface area (Å²) in [7, 11) is 2.11. The molecule has 3 aliphatic heterocycles. The number of Topliss-reactive ketones (excluding diaryl/α,β-unsaturated/α-hetero) is 1. The number of likely N-dealkylation sites (tertiary alicyclic amines) is 2. The van der Waals surface area contributed by atoms with Crippen molar-refractivity contribution in [2.45, 2.75) is 78.0 Å². The van der Waals surface area contributed by atoms with Gasteiger partial charge in [0.15, 0.2) is 5.78 Å². The van der Waals surface area contributed by atoms with Gasteiger partial charge in [0.25, 0.3) is 5.91 Å². The van der Waals surface area contributed by atoms with Crippen molar-refractivity contribution < 1.29 is 24.0 Å². The summed E-state index contributed by atoms with van der Waals surface area (Å²) in [6.45, 7) is 13.4. The van der Waals surface area contributed by atoms with Crippen molar-refractivity contribution in [1.82, 2.24) is 25.3 Å². The van der Waals surface area contributed by atoms with Crippen molar-refractivity contribution in [3.05, 3.63) is 29.8 Å². The summed E-state index contributed by atoms with van der Waals surface area (Å²) in [6, 6.07) is 4.77. The van der Waals surface area contributed by atoms with Crippen LogP contribution < -0.4 is 15.5 Å². The van der Waals surface area contributed by atoms with E-state index in [2.05, 4.69) is 27.5 Å². The number of hydrogen-bond donors (Lipinski definition) is 2. The van der Waals surface area contributed by atoms with E-state index >= 15 is 0 Å². The minimum Gasteiger partial charge on any atom is -0.369 e. The van der Waals surface area contributed by atoms with Gasteiger partial charge in [-0.15, -0.1) is 0 Å². The van der Waals surface area contributed by atoms with Crippen molar-refractivity contribution >= 4 is 35.1 Å². The van der Waals surface area contributed by atoms with Crippen LogP contribution in [-0.4, -0.2) is 115 Å². The van der Waals surface area contributed by atoms with Crippen LogP contribution in [0.15, 0.2) is 24.3 Å². The topological polar surface area (TPSA) is 122 Å². The van der Waals surface area contributed by atoms with E-state index in [-0.39, 0.29) is 47.8 Å². The molecule has 1 aromatic carbocycles. The molecule has 4 unspecified atom stereocenters. The fraction of sp³-hybridized carbons (Fsp3) is 0.656. The standard InChI is InChI=1S/C32H48N6O5/c1-20(2)17-25(33-22(5)39)32(43)38-19-28(40)29-27(38)11-12-37(29)31(42)26(18-21(3)4)34-30(41)23-7-9-24(10-8-23)36-15-13-35(6)14-16-36/h7-10,20-21,25-27,29H,11-19H2,1-6H3,(H,33,39)(H,34,41). The number of carbonyl (C=O) groups is 5.